The molecule has 0 aromatic heterocycles. The minimum Gasteiger partial charge on any atom is -0.411 e. The van der Waals surface area contributed by atoms with Gasteiger partial charge in [0.15, 0.2) is 0 Å². The van der Waals surface area contributed by atoms with E-state index < -0.39 is 0 Å². The van der Waals surface area contributed by atoms with E-state index in [4.69, 9.17) is 16.8 Å². The fraction of sp³-hybridized carbons (Fsp3) is 0.714. The molecule has 1 amide bonds. The molecule has 0 saturated carbocycles. The number of rotatable bonds is 5. The summed E-state index contributed by atoms with van der Waals surface area (Å²) in [4.78, 5) is 16.3. The molecule has 1 fully saturated rings. The number of unbranched alkanes of at least 4 members (excludes halogenated alkanes) is 2. The summed E-state index contributed by atoms with van der Waals surface area (Å²) >= 11 is 5.68. The summed E-state index contributed by atoms with van der Waals surface area (Å²) in [5.74, 6) is 0.701. The molecule has 2 unspecified atom stereocenters. The van der Waals surface area contributed by atoms with Gasteiger partial charge in [0.2, 0.25) is 5.91 Å². The fourth-order valence-electron chi connectivity index (χ4n) is 2.88. The molecule has 2 aliphatic heterocycles. The fourth-order valence-corrected chi connectivity index (χ4v) is 3.07. The molecule has 0 aromatic carbocycles. The summed E-state index contributed by atoms with van der Waals surface area (Å²) < 4.78 is 0. The third-order valence-corrected chi connectivity index (χ3v) is 4.35. The quantitative estimate of drug-likeness (QED) is 0.365. The van der Waals surface area contributed by atoms with Crippen LogP contribution in [-0.2, 0) is 4.79 Å². The Morgan fingerprint density at radius 3 is 2.95 bits per heavy atom. The molecule has 0 bridgehead atoms. The van der Waals surface area contributed by atoms with Gasteiger partial charge in [0.05, 0.1) is 5.71 Å². The SMILES string of the molecule is CN1CC/C(=N/O)C2C=CN(CCCCCCl)C2C1=O. The number of carbonyl (C=O) groups excluding carboxylic acids is 1. The maximum atomic E-state index is 12.5. The van der Waals surface area contributed by atoms with Gasteiger partial charge in [0.25, 0.3) is 0 Å². The molecular formula is C14H22ClN3O2. The zero-order valence-corrected chi connectivity index (χ0v) is 12.6. The molecule has 112 valence electrons. The molecule has 5 nitrogen and oxygen atoms in total. The van der Waals surface area contributed by atoms with Crippen LogP contribution in [0.1, 0.15) is 25.7 Å². The minimum absolute atomic E-state index is 0.0922. The number of alkyl halides is 1. The van der Waals surface area contributed by atoms with Gasteiger partial charge in [-0.15, -0.1) is 11.6 Å². The number of halogens is 1. The molecule has 0 spiro atoms. The van der Waals surface area contributed by atoms with Crippen LogP contribution in [0.3, 0.4) is 0 Å². The Bertz CT molecular complexity index is 411. The van der Waals surface area contributed by atoms with E-state index >= 15 is 0 Å². The van der Waals surface area contributed by atoms with Crippen LogP contribution >= 0.6 is 11.6 Å². The second-order valence-corrected chi connectivity index (χ2v) is 5.78. The first-order valence-electron chi connectivity index (χ1n) is 7.15. The zero-order chi connectivity index (χ0) is 14.5. The van der Waals surface area contributed by atoms with Gasteiger partial charge in [-0.3, -0.25) is 4.79 Å². The highest BCUT2D eigenvalue weighted by Crippen LogP contribution is 2.28. The molecule has 0 aliphatic carbocycles. The predicted octanol–water partition coefficient (Wildman–Crippen LogP) is 1.90. The van der Waals surface area contributed by atoms with Crippen molar-refractivity contribution in [2.45, 2.75) is 31.7 Å². The molecular weight excluding hydrogens is 278 g/mol. The summed E-state index contributed by atoms with van der Waals surface area (Å²) in [6.45, 7) is 1.45. The number of hydrogen-bond donors (Lipinski definition) is 1. The number of hydrogen-bond acceptors (Lipinski definition) is 4. The van der Waals surface area contributed by atoms with Crippen molar-refractivity contribution in [1.29, 1.82) is 0 Å². The van der Waals surface area contributed by atoms with Gasteiger partial charge in [0.1, 0.15) is 6.04 Å². The van der Waals surface area contributed by atoms with Crippen molar-refractivity contribution in [2.75, 3.05) is 26.0 Å². The number of nitrogens with zero attached hydrogens (tertiary/aromatic N) is 3. The van der Waals surface area contributed by atoms with E-state index in [2.05, 4.69) is 10.1 Å². The smallest absolute Gasteiger partial charge is 0.246 e. The van der Waals surface area contributed by atoms with Gasteiger partial charge < -0.3 is 15.0 Å². The van der Waals surface area contributed by atoms with Crippen LogP contribution in [0.4, 0.5) is 0 Å². The maximum Gasteiger partial charge on any atom is 0.246 e. The standard InChI is InChI=1S/C14H22ClN3O2/c1-17-9-6-12(16-20)11-5-10-18(13(11)14(17)19)8-4-2-3-7-15/h5,10-11,13,20H,2-4,6-9H2,1H3/b16-12-. The van der Waals surface area contributed by atoms with Crippen LogP contribution in [0, 0.1) is 5.92 Å². The summed E-state index contributed by atoms with van der Waals surface area (Å²) in [5.41, 5.74) is 0.701. The normalized spacial score (nSPS) is 28.1. The Kier molecular flexibility index (Phi) is 5.29. The molecule has 2 atom stereocenters. The van der Waals surface area contributed by atoms with Gasteiger partial charge >= 0.3 is 0 Å². The lowest BCUT2D eigenvalue weighted by Gasteiger charge is -2.29. The molecule has 0 radical (unpaired) electrons. The van der Waals surface area contributed by atoms with E-state index in [-0.39, 0.29) is 17.9 Å². The summed E-state index contributed by atoms with van der Waals surface area (Å²) in [6.07, 6.45) is 7.67. The maximum absolute atomic E-state index is 12.5. The highest BCUT2D eigenvalue weighted by molar-refractivity contribution is 6.17. The van der Waals surface area contributed by atoms with Crippen molar-refractivity contribution in [3.63, 3.8) is 0 Å². The monoisotopic (exact) mass is 299 g/mol. The number of fused-ring (bicyclic) bond motifs is 1. The van der Waals surface area contributed by atoms with Gasteiger partial charge in [-0.1, -0.05) is 17.7 Å². The van der Waals surface area contributed by atoms with Crippen LogP contribution in [-0.4, -0.2) is 58.7 Å². The Balaban J connectivity index is 2.06. The number of likely N-dealkylation sites (N-methyl/N-ethyl adjacent to an activating group) is 1. The summed E-state index contributed by atoms with van der Waals surface area (Å²) in [7, 11) is 1.81. The van der Waals surface area contributed by atoms with Crippen LogP contribution < -0.4 is 0 Å². The second-order valence-electron chi connectivity index (χ2n) is 5.40. The predicted molar refractivity (Wildman–Crippen MR) is 79.2 cm³/mol. The largest absolute Gasteiger partial charge is 0.411 e. The zero-order valence-electron chi connectivity index (χ0n) is 11.8. The molecule has 20 heavy (non-hydrogen) atoms. The Labute approximate surface area is 124 Å². The van der Waals surface area contributed by atoms with E-state index in [1.807, 2.05) is 19.3 Å². The van der Waals surface area contributed by atoms with Crippen LogP contribution in [0.15, 0.2) is 17.4 Å². The number of amides is 1. The Hall–Kier alpha value is -1.23. The lowest BCUT2D eigenvalue weighted by Crippen LogP contribution is -2.46. The average Bonchev–Trinajstić information content (AvgIpc) is 2.82. The highest BCUT2D eigenvalue weighted by atomic mass is 35.5. The third kappa shape index (κ3) is 3.08. The topological polar surface area (TPSA) is 56.1 Å². The van der Waals surface area contributed by atoms with E-state index in [0.717, 1.165) is 25.8 Å². The first kappa shape index (κ1) is 15.2. The van der Waals surface area contributed by atoms with Crippen LogP contribution in [0.2, 0.25) is 0 Å². The molecule has 2 heterocycles. The number of likely N-dealkylation sites (tertiary alicyclic amines) is 1. The van der Waals surface area contributed by atoms with Crippen LogP contribution in [0.5, 0.6) is 0 Å². The first-order valence-corrected chi connectivity index (χ1v) is 7.68. The van der Waals surface area contributed by atoms with Crippen molar-refractivity contribution in [3.8, 4) is 0 Å². The van der Waals surface area contributed by atoms with Crippen molar-refractivity contribution in [2.24, 2.45) is 11.1 Å². The van der Waals surface area contributed by atoms with Crippen molar-refractivity contribution in [1.82, 2.24) is 9.80 Å². The van der Waals surface area contributed by atoms with E-state index in [1.54, 1.807) is 4.90 Å². The third-order valence-electron chi connectivity index (χ3n) is 4.08. The number of carbonyl (C=O) groups is 1. The molecule has 2 aliphatic rings. The Morgan fingerprint density at radius 2 is 2.25 bits per heavy atom. The molecule has 1 N–H and O–H groups in total. The van der Waals surface area contributed by atoms with Gasteiger partial charge in [0, 0.05) is 38.4 Å². The van der Waals surface area contributed by atoms with E-state index in [9.17, 15) is 4.79 Å². The van der Waals surface area contributed by atoms with Gasteiger partial charge in [-0.25, -0.2) is 0 Å². The minimum atomic E-state index is -0.246. The van der Waals surface area contributed by atoms with Crippen LogP contribution in [0.25, 0.3) is 0 Å². The highest BCUT2D eigenvalue weighted by Gasteiger charge is 2.41. The number of oxime groups is 1. The second kappa shape index (κ2) is 6.97. The summed E-state index contributed by atoms with van der Waals surface area (Å²) in [5, 5.41) is 12.6. The Morgan fingerprint density at radius 1 is 1.45 bits per heavy atom. The lowest BCUT2D eigenvalue weighted by molar-refractivity contribution is -0.134. The average molecular weight is 300 g/mol. The van der Waals surface area contributed by atoms with Crippen molar-refractivity contribution >= 4 is 23.2 Å². The summed E-state index contributed by atoms with van der Waals surface area (Å²) in [6, 6.07) is -0.246. The van der Waals surface area contributed by atoms with E-state index in [1.165, 1.54) is 0 Å². The van der Waals surface area contributed by atoms with Gasteiger partial charge in [-0.05, 0) is 19.0 Å². The van der Waals surface area contributed by atoms with Crippen molar-refractivity contribution in [3.05, 3.63) is 12.3 Å². The van der Waals surface area contributed by atoms with Crippen molar-refractivity contribution < 1.29 is 10.0 Å². The van der Waals surface area contributed by atoms with Gasteiger partial charge in [-0.2, -0.15) is 0 Å². The molecule has 6 heteroatoms. The molecule has 0 aromatic rings. The molecule has 2 rings (SSSR count). The first-order chi connectivity index (χ1) is 9.69. The lowest BCUT2D eigenvalue weighted by atomic mass is 9.95. The van der Waals surface area contributed by atoms with E-state index in [0.29, 0.717) is 24.6 Å². The molecule has 1 saturated heterocycles.